The molecule has 204 valence electrons. The van der Waals surface area contributed by atoms with Crippen molar-refractivity contribution in [3.63, 3.8) is 0 Å². The molecule has 0 spiro atoms. The molecular formula is C25H22ClF2N5O6. The van der Waals surface area contributed by atoms with Crippen LogP contribution in [0.15, 0.2) is 52.6 Å². The number of aryl methyl sites for hydroxylation is 2. The third-order valence-corrected chi connectivity index (χ3v) is 5.98. The normalized spacial score (nSPS) is 12.1. The number of hydrogen-bond acceptors (Lipinski definition) is 9. The average molecular weight is 562 g/mol. The topological polar surface area (TPSA) is 153 Å². The molecule has 0 saturated carbocycles. The maximum atomic E-state index is 14.1. The van der Waals surface area contributed by atoms with Crippen molar-refractivity contribution in [2.45, 2.75) is 39.3 Å². The molecule has 0 aliphatic heterocycles. The van der Waals surface area contributed by atoms with E-state index in [0.29, 0.717) is 17.8 Å². The Labute approximate surface area is 224 Å². The molecule has 0 fully saturated rings. The number of pyridine rings is 3. The van der Waals surface area contributed by atoms with E-state index >= 15 is 0 Å². The maximum Gasteiger partial charge on any atom is 0.372 e. The summed E-state index contributed by atoms with van der Waals surface area (Å²) in [6.07, 6.45) is 4.64. The van der Waals surface area contributed by atoms with Gasteiger partial charge in [0.25, 0.3) is 11.1 Å². The lowest BCUT2D eigenvalue weighted by molar-refractivity contribution is -0.308. The van der Waals surface area contributed by atoms with Gasteiger partial charge in [-0.3, -0.25) is 23.7 Å². The summed E-state index contributed by atoms with van der Waals surface area (Å²) in [5, 5.41) is 30.3. The SMILES string of the molecule is Cc1cnc(-n2ccnc(C(C)(C)O)c2=O)cc1-n1c(C)cc(OC(O)(O)c2ncc(F)cc2F)c(Cl)c1=O. The smallest absolute Gasteiger partial charge is 0.372 e. The van der Waals surface area contributed by atoms with E-state index in [0.717, 1.165) is 4.57 Å². The van der Waals surface area contributed by atoms with Crippen molar-refractivity contribution in [2.24, 2.45) is 0 Å². The van der Waals surface area contributed by atoms with Gasteiger partial charge in [-0.1, -0.05) is 11.6 Å². The van der Waals surface area contributed by atoms with Crippen LogP contribution >= 0.6 is 11.6 Å². The zero-order valence-corrected chi connectivity index (χ0v) is 21.7. The van der Waals surface area contributed by atoms with Crippen LogP contribution in [0, 0.1) is 25.5 Å². The van der Waals surface area contributed by atoms with Crippen LogP contribution in [0.5, 0.6) is 5.75 Å². The van der Waals surface area contributed by atoms with E-state index in [-0.39, 0.29) is 22.9 Å². The summed E-state index contributed by atoms with van der Waals surface area (Å²) in [5.41, 5.74) is -3.19. The van der Waals surface area contributed by atoms with Crippen molar-refractivity contribution in [1.29, 1.82) is 0 Å². The van der Waals surface area contributed by atoms with Crippen molar-refractivity contribution in [3.05, 3.63) is 103 Å². The van der Waals surface area contributed by atoms with Crippen LogP contribution in [0.2, 0.25) is 5.02 Å². The first-order valence-corrected chi connectivity index (χ1v) is 11.6. The summed E-state index contributed by atoms with van der Waals surface area (Å²) in [5.74, 6) is -6.26. The van der Waals surface area contributed by atoms with Gasteiger partial charge in [0, 0.05) is 42.5 Å². The minimum absolute atomic E-state index is 0.110. The number of ether oxygens (including phenoxy) is 1. The highest BCUT2D eigenvalue weighted by molar-refractivity contribution is 6.31. The molecule has 0 aromatic carbocycles. The van der Waals surface area contributed by atoms with Gasteiger partial charge in [-0.05, 0) is 33.3 Å². The van der Waals surface area contributed by atoms with E-state index < -0.39 is 50.8 Å². The molecule has 4 aromatic rings. The average Bonchev–Trinajstić information content (AvgIpc) is 2.82. The lowest BCUT2D eigenvalue weighted by Gasteiger charge is -2.24. The highest BCUT2D eigenvalue weighted by Crippen LogP contribution is 2.30. The summed E-state index contributed by atoms with van der Waals surface area (Å²) >= 11 is 6.22. The van der Waals surface area contributed by atoms with Gasteiger partial charge in [0.15, 0.2) is 17.3 Å². The Kier molecular flexibility index (Phi) is 7.12. The molecule has 0 aliphatic carbocycles. The predicted molar refractivity (Wildman–Crippen MR) is 134 cm³/mol. The van der Waals surface area contributed by atoms with E-state index in [9.17, 15) is 33.7 Å². The van der Waals surface area contributed by atoms with Crippen LogP contribution in [-0.2, 0) is 11.6 Å². The van der Waals surface area contributed by atoms with Crippen LogP contribution < -0.4 is 15.9 Å². The van der Waals surface area contributed by atoms with Gasteiger partial charge < -0.3 is 20.1 Å². The molecule has 4 aromatic heterocycles. The van der Waals surface area contributed by atoms with Crippen LogP contribution in [0.3, 0.4) is 0 Å². The van der Waals surface area contributed by atoms with Crippen molar-refractivity contribution >= 4 is 11.6 Å². The van der Waals surface area contributed by atoms with Crippen LogP contribution in [-0.4, -0.2) is 39.4 Å². The highest BCUT2D eigenvalue weighted by Gasteiger charge is 2.36. The molecule has 0 radical (unpaired) electrons. The summed E-state index contributed by atoms with van der Waals surface area (Å²) in [6, 6.07) is 3.01. The fourth-order valence-corrected chi connectivity index (χ4v) is 3.98. The van der Waals surface area contributed by atoms with Gasteiger partial charge in [0.2, 0.25) is 0 Å². The molecule has 0 unspecified atom stereocenters. The number of aliphatic hydroxyl groups is 3. The molecule has 0 saturated heterocycles. The molecule has 0 amide bonds. The standard InChI is InChI=1S/C25H22ClF2N5O6/c1-12-10-30-18(32-6-5-29-21(23(32)35)24(3,4)36)9-16(12)33-13(2)7-17(19(26)22(33)34)39-25(37,38)20-15(28)8-14(27)11-31-20/h5-11,36-38H,1-4H3. The number of aromatic nitrogens is 5. The maximum absolute atomic E-state index is 14.1. The summed E-state index contributed by atoms with van der Waals surface area (Å²) < 4.78 is 34.6. The number of halogens is 3. The van der Waals surface area contributed by atoms with E-state index in [4.69, 9.17) is 16.3 Å². The summed E-state index contributed by atoms with van der Waals surface area (Å²) in [7, 11) is 0. The van der Waals surface area contributed by atoms with Gasteiger partial charge in [-0.15, -0.1) is 0 Å². The Bertz CT molecular complexity index is 1720. The Morgan fingerprint density at radius 2 is 1.64 bits per heavy atom. The number of hydrogen-bond donors (Lipinski definition) is 3. The van der Waals surface area contributed by atoms with Crippen molar-refractivity contribution in [3.8, 4) is 17.3 Å². The van der Waals surface area contributed by atoms with E-state index in [1.807, 2.05) is 0 Å². The van der Waals surface area contributed by atoms with Crippen LogP contribution in [0.4, 0.5) is 8.78 Å². The minimum atomic E-state index is -3.40. The number of nitrogens with zero attached hydrogens (tertiary/aromatic N) is 5. The fourth-order valence-electron chi connectivity index (χ4n) is 3.80. The Morgan fingerprint density at radius 3 is 2.28 bits per heavy atom. The molecule has 0 aliphatic rings. The van der Waals surface area contributed by atoms with Crippen LogP contribution in [0.25, 0.3) is 11.5 Å². The van der Waals surface area contributed by atoms with Gasteiger partial charge in [-0.25, -0.2) is 18.7 Å². The van der Waals surface area contributed by atoms with E-state index in [1.54, 1.807) is 6.92 Å². The van der Waals surface area contributed by atoms with E-state index in [2.05, 4.69) is 15.0 Å². The molecule has 4 rings (SSSR count). The predicted octanol–water partition coefficient (Wildman–Crippen LogP) is 2.12. The van der Waals surface area contributed by atoms with Gasteiger partial charge in [0.1, 0.15) is 28.0 Å². The monoisotopic (exact) mass is 561 g/mol. The minimum Gasteiger partial charge on any atom is -0.433 e. The molecule has 3 N–H and O–H groups in total. The van der Waals surface area contributed by atoms with Crippen molar-refractivity contribution < 1.29 is 28.8 Å². The second-order valence-corrected chi connectivity index (χ2v) is 9.52. The van der Waals surface area contributed by atoms with Gasteiger partial charge in [-0.2, -0.15) is 0 Å². The Balaban J connectivity index is 1.81. The first-order chi connectivity index (χ1) is 18.1. The first-order valence-electron chi connectivity index (χ1n) is 11.3. The van der Waals surface area contributed by atoms with E-state index in [1.165, 1.54) is 56.1 Å². The molecule has 14 heteroatoms. The first kappa shape index (κ1) is 28.0. The molecule has 0 atom stereocenters. The zero-order chi connectivity index (χ0) is 28.9. The highest BCUT2D eigenvalue weighted by atomic mass is 35.5. The molecular weight excluding hydrogens is 540 g/mol. The van der Waals surface area contributed by atoms with Crippen molar-refractivity contribution in [1.82, 2.24) is 24.1 Å². The van der Waals surface area contributed by atoms with Crippen molar-refractivity contribution in [2.75, 3.05) is 0 Å². The third kappa shape index (κ3) is 5.29. The molecule has 11 nitrogen and oxygen atoms in total. The second-order valence-electron chi connectivity index (χ2n) is 9.14. The van der Waals surface area contributed by atoms with Crippen LogP contribution in [0.1, 0.15) is 36.5 Å². The lowest BCUT2D eigenvalue weighted by atomic mass is 10.1. The second kappa shape index (κ2) is 9.93. The largest absolute Gasteiger partial charge is 0.433 e. The summed E-state index contributed by atoms with van der Waals surface area (Å²) in [4.78, 5) is 37.8. The summed E-state index contributed by atoms with van der Waals surface area (Å²) in [6.45, 7) is 5.97. The zero-order valence-electron chi connectivity index (χ0n) is 21.0. The third-order valence-electron chi connectivity index (χ3n) is 5.64. The fraction of sp³-hybridized carbons (Fsp3) is 0.240. The Morgan fingerprint density at radius 1 is 0.949 bits per heavy atom. The van der Waals surface area contributed by atoms with Gasteiger partial charge in [0.05, 0.1) is 11.9 Å². The molecule has 0 bridgehead atoms. The van der Waals surface area contributed by atoms with Gasteiger partial charge >= 0.3 is 5.97 Å². The lowest BCUT2D eigenvalue weighted by Crippen LogP contribution is -2.36. The number of rotatable bonds is 6. The quantitative estimate of drug-likeness (QED) is 0.300. The molecule has 4 heterocycles. The molecule has 39 heavy (non-hydrogen) atoms. The Hall–Kier alpha value is -4.04.